The van der Waals surface area contributed by atoms with Crippen LogP contribution in [0.25, 0.3) is 0 Å². The highest BCUT2D eigenvalue weighted by atomic mass is 19.3. The molecule has 0 aliphatic carbocycles. The van der Waals surface area contributed by atoms with E-state index in [1.54, 1.807) is 12.3 Å². The maximum atomic E-state index is 12.4. The lowest BCUT2D eigenvalue weighted by molar-refractivity contribution is -0.119. The summed E-state index contributed by atoms with van der Waals surface area (Å²) < 4.78 is 35.9. The van der Waals surface area contributed by atoms with Crippen LogP contribution in [0.15, 0.2) is 36.5 Å². The highest BCUT2D eigenvalue weighted by molar-refractivity contribution is 5.73. The van der Waals surface area contributed by atoms with E-state index in [0.29, 0.717) is 6.54 Å². The summed E-state index contributed by atoms with van der Waals surface area (Å²) in [6.45, 7) is 6.17. The van der Waals surface area contributed by atoms with Crippen LogP contribution >= 0.6 is 0 Å². The lowest BCUT2D eigenvalue weighted by Crippen LogP contribution is -2.25. The van der Waals surface area contributed by atoms with Gasteiger partial charge >= 0.3 is 0 Å². The number of alkyl halides is 2. The van der Waals surface area contributed by atoms with Gasteiger partial charge in [-0.05, 0) is 37.1 Å². The van der Waals surface area contributed by atoms with Crippen LogP contribution in [-0.4, -0.2) is 43.1 Å². The van der Waals surface area contributed by atoms with E-state index in [9.17, 15) is 13.6 Å². The van der Waals surface area contributed by atoms with E-state index >= 15 is 0 Å². The molecule has 1 aromatic heterocycles. The molecule has 8 heteroatoms. The number of halogens is 2. The monoisotopic (exact) mass is 419 g/mol. The molecule has 1 N–H and O–H groups in total. The maximum absolute atomic E-state index is 12.4. The quantitative estimate of drug-likeness (QED) is 0.703. The summed E-state index contributed by atoms with van der Waals surface area (Å²) in [5.74, 6) is 0.903. The van der Waals surface area contributed by atoms with E-state index in [4.69, 9.17) is 9.47 Å². The van der Waals surface area contributed by atoms with Gasteiger partial charge in [-0.3, -0.25) is 4.79 Å². The Kier molecular flexibility index (Phi) is 7.07. The summed E-state index contributed by atoms with van der Waals surface area (Å²) in [5.41, 5.74) is 2.88. The van der Waals surface area contributed by atoms with Crippen molar-refractivity contribution in [3.8, 4) is 11.6 Å². The Labute approximate surface area is 175 Å². The molecule has 6 nitrogen and oxygen atoms in total. The van der Waals surface area contributed by atoms with Gasteiger partial charge < -0.3 is 19.7 Å². The third-order valence-corrected chi connectivity index (χ3v) is 5.00. The molecule has 2 atom stereocenters. The van der Waals surface area contributed by atoms with Crippen LogP contribution in [0.1, 0.15) is 37.4 Å². The van der Waals surface area contributed by atoms with Gasteiger partial charge in [0.2, 0.25) is 11.8 Å². The van der Waals surface area contributed by atoms with Crippen molar-refractivity contribution < 1.29 is 23.0 Å². The lowest BCUT2D eigenvalue weighted by Gasteiger charge is -2.22. The smallest absolute Gasteiger partial charge is 0.272 e. The number of benzene rings is 1. The SMILES string of the molecule is CC(=O)N[C@@H](C)c1ccc(OC2CCN(c3cc(OCC(F)F)ncc3C)C2)cc1. The van der Waals surface area contributed by atoms with Crippen LogP contribution in [0.2, 0.25) is 0 Å². The molecule has 162 valence electrons. The molecule has 2 aromatic rings. The Hall–Kier alpha value is -2.90. The van der Waals surface area contributed by atoms with Crippen molar-refractivity contribution in [2.75, 3.05) is 24.6 Å². The summed E-state index contributed by atoms with van der Waals surface area (Å²) in [4.78, 5) is 17.4. The minimum absolute atomic E-state index is 0.0154. The molecule has 0 bridgehead atoms. The van der Waals surface area contributed by atoms with Crippen molar-refractivity contribution in [2.45, 2.75) is 45.8 Å². The maximum Gasteiger partial charge on any atom is 0.272 e. The predicted molar refractivity (Wildman–Crippen MR) is 110 cm³/mol. The highest BCUT2D eigenvalue weighted by Gasteiger charge is 2.26. The fourth-order valence-electron chi connectivity index (χ4n) is 3.52. The zero-order valence-electron chi connectivity index (χ0n) is 17.4. The number of pyridine rings is 1. The highest BCUT2D eigenvalue weighted by Crippen LogP contribution is 2.29. The Morgan fingerprint density at radius 3 is 2.73 bits per heavy atom. The summed E-state index contributed by atoms with van der Waals surface area (Å²) in [5, 5.41) is 2.86. The molecule has 1 saturated heterocycles. The number of carbonyl (C=O) groups is 1. The molecule has 1 unspecified atom stereocenters. The molecule has 1 aliphatic heterocycles. The van der Waals surface area contributed by atoms with Crippen molar-refractivity contribution in [3.05, 3.63) is 47.7 Å². The van der Waals surface area contributed by atoms with Crippen molar-refractivity contribution in [2.24, 2.45) is 0 Å². The van der Waals surface area contributed by atoms with Crippen LogP contribution < -0.4 is 19.7 Å². The molecule has 30 heavy (non-hydrogen) atoms. The van der Waals surface area contributed by atoms with Crippen molar-refractivity contribution in [3.63, 3.8) is 0 Å². The first kappa shape index (κ1) is 21.8. The van der Waals surface area contributed by atoms with E-state index in [1.807, 2.05) is 38.1 Å². The van der Waals surface area contributed by atoms with E-state index in [2.05, 4.69) is 15.2 Å². The first-order chi connectivity index (χ1) is 14.3. The Bertz CT molecular complexity index is 861. The molecular formula is C22H27F2N3O3. The number of anilines is 1. The number of carbonyl (C=O) groups excluding carboxylic acids is 1. The molecule has 0 radical (unpaired) electrons. The van der Waals surface area contributed by atoms with Gasteiger partial charge in [-0.1, -0.05) is 12.1 Å². The second-order valence-corrected chi connectivity index (χ2v) is 7.48. The van der Waals surface area contributed by atoms with Crippen molar-refractivity contribution >= 4 is 11.6 Å². The third kappa shape index (κ3) is 5.81. The van der Waals surface area contributed by atoms with E-state index in [0.717, 1.165) is 35.5 Å². The summed E-state index contributed by atoms with van der Waals surface area (Å²) in [7, 11) is 0. The first-order valence-corrected chi connectivity index (χ1v) is 9.98. The average Bonchev–Trinajstić information content (AvgIpc) is 3.15. The van der Waals surface area contributed by atoms with Gasteiger partial charge in [0.15, 0.2) is 6.61 Å². The number of nitrogens with one attached hydrogen (secondary N) is 1. The van der Waals surface area contributed by atoms with E-state index < -0.39 is 13.0 Å². The fraction of sp³-hybridized carbons (Fsp3) is 0.455. The number of aromatic nitrogens is 1. The molecular weight excluding hydrogens is 392 g/mol. The van der Waals surface area contributed by atoms with Gasteiger partial charge in [0.1, 0.15) is 11.9 Å². The number of rotatable bonds is 8. The Morgan fingerprint density at radius 1 is 1.33 bits per heavy atom. The zero-order valence-corrected chi connectivity index (χ0v) is 17.4. The summed E-state index contributed by atoms with van der Waals surface area (Å²) in [6, 6.07) is 9.35. The second-order valence-electron chi connectivity index (χ2n) is 7.48. The zero-order chi connectivity index (χ0) is 21.7. The molecule has 0 saturated carbocycles. The van der Waals surface area contributed by atoms with E-state index in [1.165, 1.54) is 6.92 Å². The minimum atomic E-state index is -2.53. The van der Waals surface area contributed by atoms with Gasteiger partial charge in [0.05, 0.1) is 12.6 Å². The van der Waals surface area contributed by atoms with Gasteiger partial charge in [-0.15, -0.1) is 0 Å². The van der Waals surface area contributed by atoms with Crippen LogP contribution in [0.4, 0.5) is 14.5 Å². The number of ether oxygens (including phenoxy) is 2. The Balaban J connectivity index is 1.59. The summed E-state index contributed by atoms with van der Waals surface area (Å²) >= 11 is 0. The first-order valence-electron chi connectivity index (χ1n) is 9.98. The molecule has 2 heterocycles. The molecule has 0 spiro atoms. The lowest BCUT2D eigenvalue weighted by atomic mass is 10.1. The molecule has 1 amide bonds. The molecule has 3 rings (SSSR count). The predicted octanol–water partition coefficient (Wildman–Crippen LogP) is 3.89. The van der Waals surface area contributed by atoms with Gasteiger partial charge in [0.25, 0.3) is 6.43 Å². The second kappa shape index (κ2) is 9.73. The van der Waals surface area contributed by atoms with Crippen LogP contribution in [0.3, 0.4) is 0 Å². The topological polar surface area (TPSA) is 63.7 Å². The number of aryl methyl sites for hydroxylation is 1. The van der Waals surface area contributed by atoms with Crippen LogP contribution in [-0.2, 0) is 4.79 Å². The number of nitrogens with zero attached hydrogens (tertiary/aromatic N) is 2. The van der Waals surface area contributed by atoms with Gasteiger partial charge in [0, 0.05) is 37.8 Å². The van der Waals surface area contributed by atoms with Crippen molar-refractivity contribution in [1.29, 1.82) is 0 Å². The fourth-order valence-corrected chi connectivity index (χ4v) is 3.52. The normalized spacial score (nSPS) is 17.1. The standard InChI is InChI=1S/C22H27F2N3O3/c1-14-11-25-22(29-13-21(23)24)10-20(14)27-9-8-19(12-27)30-18-6-4-17(5-7-18)15(2)26-16(3)28/h4-7,10-11,15,19,21H,8-9,12-13H2,1-3H3,(H,26,28)/t15-,19?/m0/s1. The van der Waals surface area contributed by atoms with Crippen molar-refractivity contribution in [1.82, 2.24) is 10.3 Å². The largest absolute Gasteiger partial charge is 0.489 e. The minimum Gasteiger partial charge on any atom is -0.489 e. The molecule has 1 aliphatic rings. The average molecular weight is 419 g/mol. The number of amides is 1. The van der Waals surface area contributed by atoms with E-state index in [-0.39, 0.29) is 23.9 Å². The number of hydrogen-bond donors (Lipinski definition) is 1. The molecule has 1 aromatic carbocycles. The van der Waals surface area contributed by atoms with Gasteiger partial charge in [-0.2, -0.15) is 0 Å². The molecule has 1 fully saturated rings. The van der Waals surface area contributed by atoms with Crippen LogP contribution in [0.5, 0.6) is 11.6 Å². The Morgan fingerprint density at radius 2 is 2.07 bits per heavy atom. The number of hydrogen-bond acceptors (Lipinski definition) is 5. The van der Waals surface area contributed by atoms with Crippen LogP contribution in [0, 0.1) is 6.92 Å². The van der Waals surface area contributed by atoms with Gasteiger partial charge in [-0.25, -0.2) is 13.8 Å². The summed E-state index contributed by atoms with van der Waals surface area (Å²) in [6.07, 6.45) is -0.0337. The third-order valence-electron chi connectivity index (χ3n) is 5.00.